The molecule has 0 fully saturated rings. The van der Waals surface area contributed by atoms with Crippen LogP contribution in [0.3, 0.4) is 0 Å². The number of hydrogen-bond acceptors (Lipinski definition) is 3. The summed E-state index contributed by atoms with van der Waals surface area (Å²) in [6.45, 7) is 6.64. The van der Waals surface area contributed by atoms with Gasteiger partial charge in [0, 0.05) is 5.56 Å². The smallest absolute Gasteiger partial charge is 0.187 e. The third-order valence-electron chi connectivity index (χ3n) is 2.05. The largest absolute Gasteiger partial charge is 0.445 e. The van der Waals surface area contributed by atoms with E-state index in [1.807, 2.05) is 0 Å². The molecule has 74 valence electrons. The fourth-order valence-electron chi connectivity index (χ4n) is 1.31. The van der Waals surface area contributed by atoms with Crippen LogP contribution in [-0.4, -0.2) is 10.1 Å². The van der Waals surface area contributed by atoms with Crippen molar-refractivity contribution in [1.29, 1.82) is 0 Å². The molecule has 4 heteroatoms. The second kappa shape index (κ2) is 3.95. The van der Waals surface area contributed by atoms with Crippen LogP contribution in [0.4, 0.5) is 5.69 Å². The highest BCUT2D eigenvalue weighted by Gasteiger charge is 2.08. The van der Waals surface area contributed by atoms with Crippen LogP contribution >= 0.6 is 0 Å². The van der Waals surface area contributed by atoms with Crippen LogP contribution in [0.5, 0.6) is 0 Å². The van der Waals surface area contributed by atoms with Gasteiger partial charge in [0.05, 0.1) is 6.57 Å². The molecule has 1 aromatic heterocycles. The topological polar surface area (TPSA) is 50.6 Å². The predicted molar refractivity (Wildman–Crippen MR) is 54.1 cm³/mol. The maximum Gasteiger partial charge on any atom is 0.187 e. The normalized spacial score (nSPS) is 9.87. The molecule has 15 heavy (non-hydrogen) atoms. The Labute approximate surface area is 86.6 Å². The zero-order chi connectivity index (χ0) is 10.7. The van der Waals surface area contributed by atoms with E-state index in [1.165, 1.54) is 6.39 Å². The number of rotatable bonds is 2. The fraction of sp³-hybridized carbons (Fsp3) is 0.0909. The van der Waals surface area contributed by atoms with E-state index in [2.05, 4.69) is 9.83 Å². The number of benzene rings is 1. The first-order valence-corrected chi connectivity index (χ1v) is 4.36. The molecular formula is C11H8N2O2. The molecule has 1 aromatic carbocycles. The highest BCUT2D eigenvalue weighted by atomic mass is 16.4. The van der Waals surface area contributed by atoms with Crippen LogP contribution in [0.2, 0.25) is 0 Å². The van der Waals surface area contributed by atoms with Gasteiger partial charge >= 0.3 is 0 Å². The quantitative estimate of drug-likeness (QED) is 0.757. The van der Waals surface area contributed by atoms with Crippen molar-refractivity contribution in [3.63, 3.8) is 0 Å². The first-order valence-electron chi connectivity index (χ1n) is 4.36. The Hall–Kier alpha value is -2.12. The number of aliphatic hydroxyl groups is 1. The Morgan fingerprint density at radius 2 is 2.07 bits per heavy atom. The Balaban J connectivity index is 2.42. The molecule has 0 spiro atoms. The average Bonchev–Trinajstić information content (AvgIpc) is 2.77. The molecule has 1 N–H and O–H groups in total. The van der Waals surface area contributed by atoms with Crippen molar-refractivity contribution in [2.75, 3.05) is 0 Å². The predicted octanol–water partition coefficient (Wildman–Crippen LogP) is 2.38. The summed E-state index contributed by atoms with van der Waals surface area (Å²) in [5.74, 6) is 0.436. The van der Waals surface area contributed by atoms with E-state index in [0.29, 0.717) is 17.1 Å². The molecule has 1 heterocycles. The minimum Gasteiger partial charge on any atom is -0.445 e. The SMILES string of the molecule is [C-]#[N+]c1ccc(-c2ncoc2CO)cc1. The summed E-state index contributed by atoms with van der Waals surface area (Å²) < 4.78 is 5.00. The molecular weight excluding hydrogens is 192 g/mol. The first-order chi connectivity index (χ1) is 7.35. The van der Waals surface area contributed by atoms with Crippen molar-refractivity contribution in [3.05, 3.63) is 47.8 Å². The van der Waals surface area contributed by atoms with E-state index in [-0.39, 0.29) is 6.61 Å². The minimum absolute atomic E-state index is 0.181. The van der Waals surface area contributed by atoms with E-state index in [9.17, 15) is 0 Å². The van der Waals surface area contributed by atoms with Crippen LogP contribution < -0.4 is 0 Å². The van der Waals surface area contributed by atoms with Gasteiger partial charge in [-0.1, -0.05) is 24.3 Å². The minimum atomic E-state index is -0.181. The van der Waals surface area contributed by atoms with Crippen LogP contribution in [0.25, 0.3) is 16.1 Å². The number of aromatic nitrogens is 1. The molecule has 2 rings (SSSR count). The zero-order valence-corrected chi connectivity index (χ0v) is 7.84. The van der Waals surface area contributed by atoms with E-state index < -0.39 is 0 Å². The summed E-state index contributed by atoms with van der Waals surface area (Å²) in [5.41, 5.74) is 2.03. The first kappa shape index (κ1) is 9.44. The van der Waals surface area contributed by atoms with Gasteiger partial charge in [-0.3, -0.25) is 0 Å². The van der Waals surface area contributed by atoms with Gasteiger partial charge in [0.2, 0.25) is 0 Å². The van der Waals surface area contributed by atoms with E-state index in [4.69, 9.17) is 16.1 Å². The third kappa shape index (κ3) is 1.73. The highest BCUT2D eigenvalue weighted by Crippen LogP contribution is 2.24. The van der Waals surface area contributed by atoms with E-state index in [1.54, 1.807) is 24.3 Å². The monoisotopic (exact) mass is 200 g/mol. The zero-order valence-electron chi connectivity index (χ0n) is 7.84. The molecule has 0 saturated heterocycles. The molecule has 0 bridgehead atoms. The number of aliphatic hydroxyl groups excluding tert-OH is 1. The molecule has 0 aliphatic heterocycles. The third-order valence-corrected chi connectivity index (χ3v) is 2.05. The van der Waals surface area contributed by atoms with Crippen molar-refractivity contribution in [1.82, 2.24) is 4.98 Å². The van der Waals surface area contributed by atoms with Crippen molar-refractivity contribution < 1.29 is 9.52 Å². The van der Waals surface area contributed by atoms with Crippen LogP contribution in [-0.2, 0) is 6.61 Å². The Morgan fingerprint density at radius 1 is 1.33 bits per heavy atom. The highest BCUT2D eigenvalue weighted by molar-refractivity contribution is 5.64. The van der Waals surface area contributed by atoms with Crippen molar-refractivity contribution in [2.45, 2.75) is 6.61 Å². The van der Waals surface area contributed by atoms with Gasteiger partial charge in [-0.15, -0.1) is 0 Å². The Morgan fingerprint density at radius 3 is 2.67 bits per heavy atom. The number of hydrogen-bond donors (Lipinski definition) is 1. The van der Waals surface area contributed by atoms with Gasteiger partial charge in [0.15, 0.2) is 17.8 Å². The van der Waals surface area contributed by atoms with Crippen LogP contribution in [0.1, 0.15) is 5.76 Å². The molecule has 4 nitrogen and oxygen atoms in total. The average molecular weight is 200 g/mol. The molecule has 0 amide bonds. The summed E-state index contributed by atoms with van der Waals surface area (Å²) in [4.78, 5) is 7.30. The molecule has 0 radical (unpaired) electrons. The van der Waals surface area contributed by atoms with Crippen molar-refractivity contribution in [3.8, 4) is 11.3 Å². The van der Waals surface area contributed by atoms with Crippen molar-refractivity contribution in [2.24, 2.45) is 0 Å². The number of oxazole rings is 1. The van der Waals surface area contributed by atoms with Gasteiger partial charge in [-0.2, -0.15) is 0 Å². The van der Waals surface area contributed by atoms with Crippen LogP contribution in [0, 0.1) is 6.57 Å². The van der Waals surface area contributed by atoms with Gasteiger partial charge in [-0.25, -0.2) is 9.83 Å². The molecule has 0 unspecified atom stereocenters. The lowest BCUT2D eigenvalue weighted by molar-refractivity contribution is 0.248. The lowest BCUT2D eigenvalue weighted by Gasteiger charge is -1.98. The fourth-order valence-corrected chi connectivity index (χ4v) is 1.31. The molecule has 0 saturated carbocycles. The van der Waals surface area contributed by atoms with Gasteiger partial charge in [-0.05, 0) is 0 Å². The molecule has 0 atom stereocenters. The molecule has 0 aliphatic carbocycles. The lowest BCUT2D eigenvalue weighted by atomic mass is 10.1. The van der Waals surface area contributed by atoms with E-state index >= 15 is 0 Å². The van der Waals surface area contributed by atoms with Crippen LogP contribution in [0.15, 0.2) is 35.1 Å². The van der Waals surface area contributed by atoms with Gasteiger partial charge < -0.3 is 9.52 Å². The summed E-state index contributed by atoms with van der Waals surface area (Å²) in [5, 5.41) is 8.99. The lowest BCUT2D eigenvalue weighted by Crippen LogP contribution is -1.85. The van der Waals surface area contributed by atoms with Gasteiger partial charge in [0.1, 0.15) is 12.3 Å². The van der Waals surface area contributed by atoms with Crippen molar-refractivity contribution >= 4 is 5.69 Å². The number of nitrogens with zero attached hydrogens (tertiary/aromatic N) is 2. The summed E-state index contributed by atoms with van der Waals surface area (Å²) in [6.07, 6.45) is 1.30. The Kier molecular flexibility index (Phi) is 2.48. The second-order valence-electron chi connectivity index (χ2n) is 2.94. The van der Waals surface area contributed by atoms with E-state index in [0.717, 1.165) is 5.56 Å². The van der Waals surface area contributed by atoms with Gasteiger partial charge in [0.25, 0.3) is 0 Å². The Bertz CT molecular complexity index is 494. The summed E-state index contributed by atoms with van der Waals surface area (Å²) in [7, 11) is 0. The maximum absolute atomic E-state index is 8.99. The summed E-state index contributed by atoms with van der Waals surface area (Å²) in [6, 6.07) is 6.98. The molecule has 2 aromatic rings. The molecule has 0 aliphatic rings. The maximum atomic E-state index is 8.99. The summed E-state index contributed by atoms with van der Waals surface area (Å²) >= 11 is 0. The second-order valence-corrected chi connectivity index (χ2v) is 2.94. The standard InChI is InChI=1S/C11H8N2O2/c1-12-9-4-2-8(3-5-9)11-10(6-14)15-7-13-11/h2-5,7,14H,6H2.